The summed E-state index contributed by atoms with van der Waals surface area (Å²) < 4.78 is 4.93. The highest BCUT2D eigenvalue weighted by Crippen LogP contribution is 2.41. The number of rotatable bonds is 5. The number of methoxy groups -OCH3 is 1. The standard InChI is InChI=1S/C13H16ClN3O4/c1-21-10-6-8(14)15-12(17-10)16-9(18)7-13(11(19)20)4-2-3-5-13/h6H,2-5,7H2,1H3,(H,19,20)(H,15,16,17,18). The van der Waals surface area contributed by atoms with Crippen LogP contribution in [0.15, 0.2) is 6.07 Å². The summed E-state index contributed by atoms with van der Waals surface area (Å²) in [5.74, 6) is -1.15. The Labute approximate surface area is 126 Å². The van der Waals surface area contributed by atoms with Gasteiger partial charge in [-0.2, -0.15) is 4.98 Å². The van der Waals surface area contributed by atoms with Crippen LogP contribution in [0.25, 0.3) is 0 Å². The topological polar surface area (TPSA) is 101 Å². The SMILES string of the molecule is COc1cc(Cl)nc(NC(=O)CC2(C(=O)O)CCCC2)n1. The first-order valence-electron chi connectivity index (χ1n) is 6.57. The van der Waals surface area contributed by atoms with Gasteiger partial charge in [-0.25, -0.2) is 4.98 Å². The van der Waals surface area contributed by atoms with Gasteiger partial charge in [0.05, 0.1) is 12.5 Å². The van der Waals surface area contributed by atoms with E-state index < -0.39 is 17.3 Å². The minimum absolute atomic E-state index is 0.00267. The predicted molar refractivity (Wildman–Crippen MR) is 75.4 cm³/mol. The normalized spacial score (nSPS) is 16.5. The van der Waals surface area contributed by atoms with E-state index in [0.29, 0.717) is 12.8 Å². The molecular formula is C13H16ClN3O4. The Morgan fingerprint density at radius 3 is 2.67 bits per heavy atom. The predicted octanol–water partition coefficient (Wildman–Crippen LogP) is 2.11. The van der Waals surface area contributed by atoms with Gasteiger partial charge in [0.15, 0.2) is 0 Å². The average Bonchev–Trinajstić information content (AvgIpc) is 2.87. The summed E-state index contributed by atoms with van der Waals surface area (Å²) in [5, 5.41) is 12.0. The number of carbonyl (C=O) groups excluding carboxylic acids is 1. The van der Waals surface area contributed by atoms with Crippen LogP contribution < -0.4 is 10.1 Å². The number of hydrogen-bond acceptors (Lipinski definition) is 5. The average molecular weight is 314 g/mol. The molecule has 0 aromatic carbocycles. The van der Waals surface area contributed by atoms with Crippen molar-refractivity contribution >= 4 is 29.4 Å². The van der Waals surface area contributed by atoms with E-state index in [-0.39, 0.29) is 23.4 Å². The van der Waals surface area contributed by atoms with Crippen LogP contribution in [0.2, 0.25) is 5.15 Å². The van der Waals surface area contributed by atoms with Crippen LogP contribution in [0, 0.1) is 5.41 Å². The molecule has 0 spiro atoms. The lowest BCUT2D eigenvalue weighted by Gasteiger charge is -2.22. The van der Waals surface area contributed by atoms with E-state index in [1.807, 2.05) is 0 Å². The second-order valence-electron chi connectivity index (χ2n) is 5.07. The highest BCUT2D eigenvalue weighted by molar-refractivity contribution is 6.29. The highest BCUT2D eigenvalue weighted by Gasteiger charge is 2.43. The van der Waals surface area contributed by atoms with Crippen molar-refractivity contribution in [2.75, 3.05) is 12.4 Å². The molecule has 1 amide bonds. The molecule has 2 rings (SSSR count). The zero-order chi connectivity index (χ0) is 15.5. The number of carboxylic acids is 1. The molecule has 2 N–H and O–H groups in total. The van der Waals surface area contributed by atoms with E-state index in [0.717, 1.165) is 12.8 Å². The Morgan fingerprint density at radius 2 is 2.10 bits per heavy atom. The molecule has 114 valence electrons. The Bertz CT molecular complexity index is 558. The minimum Gasteiger partial charge on any atom is -0.481 e. The lowest BCUT2D eigenvalue weighted by Crippen LogP contribution is -2.33. The second-order valence-corrected chi connectivity index (χ2v) is 5.46. The molecule has 0 aliphatic heterocycles. The molecule has 7 nitrogen and oxygen atoms in total. The molecule has 0 bridgehead atoms. The third-order valence-electron chi connectivity index (χ3n) is 3.65. The van der Waals surface area contributed by atoms with Gasteiger partial charge in [-0.15, -0.1) is 0 Å². The number of nitrogens with zero attached hydrogens (tertiary/aromatic N) is 2. The molecule has 1 aromatic rings. The summed E-state index contributed by atoms with van der Waals surface area (Å²) >= 11 is 5.78. The number of aromatic nitrogens is 2. The molecule has 1 fully saturated rings. The van der Waals surface area contributed by atoms with Gasteiger partial charge in [-0.05, 0) is 12.8 Å². The van der Waals surface area contributed by atoms with Crippen LogP contribution in [0.4, 0.5) is 5.95 Å². The number of hydrogen-bond donors (Lipinski definition) is 2. The van der Waals surface area contributed by atoms with E-state index in [1.54, 1.807) is 0 Å². The fourth-order valence-corrected chi connectivity index (χ4v) is 2.73. The Kier molecular flexibility index (Phi) is 4.62. The van der Waals surface area contributed by atoms with E-state index in [2.05, 4.69) is 15.3 Å². The van der Waals surface area contributed by atoms with E-state index >= 15 is 0 Å². The van der Waals surface area contributed by atoms with Gasteiger partial charge in [-0.3, -0.25) is 14.9 Å². The van der Waals surface area contributed by atoms with Crippen molar-refractivity contribution in [3.05, 3.63) is 11.2 Å². The van der Waals surface area contributed by atoms with Gasteiger partial charge >= 0.3 is 5.97 Å². The fraction of sp³-hybridized carbons (Fsp3) is 0.538. The van der Waals surface area contributed by atoms with Crippen LogP contribution in [0.5, 0.6) is 5.88 Å². The van der Waals surface area contributed by atoms with Crippen molar-refractivity contribution in [2.24, 2.45) is 5.41 Å². The van der Waals surface area contributed by atoms with Gasteiger partial charge in [0.25, 0.3) is 0 Å². The molecule has 0 radical (unpaired) electrons. The maximum Gasteiger partial charge on any atom is 0.310 e. The monoisotopic (exact) mass is 313 g/mol. The maximum atomic E-state index is 12.1. The molecule has 1 aliphatic rings. The van der Waals surface area contributed by atoms with Crippen LogP contribution >= 0.6 is 11.6 Å². The zero-order valence-corrected chi connectivity index (χ0v) is 12.3. The quantitative estimate of drug-likeness (QED) is 0.807. The summed E-state index contributed by atoms with van der Waals surface area (Å²) in [7, 11) is 1.42. The summed E-state index contributed by atoms with van der Waals surface area (Å²) in [5.41, 5.74) is -0.979. The number of aliphatic carboxylic acids is 1. The molecule has 8 heteroatoms. The largest absolute Gasteiger partial charge is 0.481 e. The number of carboxylic acid groups (broad SMARTS) is 1. The minimum atomic E-state index is -0.979. The molecule has 21 heavy (non-hydrogen) atoms. The van der Waals surface area contributed by atoms with E-state index in [9.17, 15) is 14.7 Å². The fourth-order valence-electron chi connectivity index (χ4n) is 2.55. The van der Waals surface area contributed by atoms with E-state index in [1.165, 1.54) is 13.2 Å². The lowest BCUT2D eigenvalue weighted by molar-refractivity contribution is -0.150. The van der Waals surface area contributed by atoms with Gasteiger partial charge in [0.2, 0.25) is 17.7 Å². The van der Waals surface area contributed by atoms with E-state index in [4.69, 9.17) is 16.3 Å². The molecule has 0 unspecified atom stereocenters. The van der Waals surface area contributed by atoms with Gasteiger partial charge < -0.3 is 9.84 Å². The summed E-state index contributed by atoms with van der Waals surface area (Å²) in [4.78, 5) is 31.3. The van der Waals surface area contributed by atoms with Gasteiger partial charge in [0.1, 0.15) is 5.15 Å². The number of halogens is 1. The molecule has 0 saturated heterocycles. The molecular weight excluding hydrogens is 298 g/mol. The van der Waals surface area contributed by atoms with Crippen molar-refractivity contribution in [1.82, 2.24) is 9.97 Å². The van der Waals surface area contributed by atoms with Gasteiger partial charge in [-0.1, -0.05) is 24.4 Å². The van der Waals surface area contributed by atoms with Crippen molar-refractivity contribution in [3.8, 4) is 5.88 Å². The maximum absolute atomic E-state index is 12.1. The Balaban J connectivity index is 2.08. The molecule has 1 heterocycles. The molecule has 1 saturated carbocycles. The van der Waals surface area contributed by atoms with Crippen molar-refractivity contribution in [1.29, 1.82) is 0 Å². The second kappa shape index (κ2) is 6.26. The number of anilines is 1. The van der Waals surface area contributed by atoms with Gasteiger partial charge in [0, 0.05) is 12.5 Å². The number of carbonyl (C=O) groups is 2. The first-order valence-corrected chi connectivity index (χ1v) is 6.95. The van der Waals surface area contributed by atoms with Crippen LogP contribution in [-0.2, 0) is 9.59 Å². The summed E-state index contributed by atoms with van der Waals surface area (Å²) in [6.45, 7) is 0. The first kappa shape index (κ1) is 15.5. The van der Waals surface area contributed by atoms with Crippen LogP contribution in [0.1, 0.15) is 32.1 Å². The van der Waals surface area contributed by atoms with Crippen molar-refractivity contribution in [3.63, 3.8) is 0 Å². The summed E-state index contributed by atoms with van der Waals surface area (Å²) in [6.07, 6.45) is 2.56. The Hall–Kier alpha value is -1.89. The van der Waals surface area contributed by atoms with Crippen LogP contribution in [-0.4, -0.2) is 34.1 Å². The van der Waals surface area contributed by atoms with Crippen LogP contribution in [0.3, 0.4) is 0 Å². The third kappa shape index (κ3) is 3.60. The van der Waals surface area contributed by atoms with Crippen molar-refractivity contribution < 1.29 is 19.4 Å². The lowest BCUT2D eigenvalue weighted by atomic mass is 9.82. The number of amides is 1. The summed E-state index contributed by atoms with van der Waals surface area (Å²) in [6, 6.07) is 1.41. The Morgan fingerprint density at radius 1 is 1.43 bits per heavy atom. The number of nitrogens with one attached hydrogen (secondary N) is 1. The highest BCUT2D eigenvalue weighted by atomic mass is 35.5. The smallest absolute Gasteiger partial charge is 0.310 e. The first-order chi connectivity index (χ1) is 9.95. The zero-order valence-electron chi connectivity index (χ0n) is 11.6. The molecule has 1 aromatic heterocycles. The third-order valence-corrected chi connectivity index (χ3v) is 3.84. The number of ether oxygens (including phenoxy) is 1. The molecule has 1 aliphatic carbocycles. The van der Waals surface area contributed by atoms with Crippen molar-refractivity contribution in [2.45, 2.75) is 32.1 Å². The molecule has 0 atom stereocenters.